The van der Waals surface area contributed by atoms with Gasteiger partial charge in [-0.25, -0.2) is 8.78 Å². The Labute approximate surface area is 169 Å². The maximum atomic E-state index is 14.1. The van der Waals surface area contributed by atoms with Crippen molar-refractivity contribution >= 4 is 23.1 Å². The van der Waals surface area contributed by atoms with E-state index in [4.69, 9.17) is 0 Å². The van der Waals surface area contributed by atoms with Crippen LogP contribution in [0.25, 0.3) is 22.3 Å². The minimum atomic E-state index is -0.756. The normalized spacial score (nSPS) is 11.7. The molecule has 3 aromatic carbocycles. The van der Waals surface area contributed by atoms with E-state index < -0.39 is 17.3 Å². The predicted octanol–water partition coefficient (Wildman–Crippen LogP) is 7.94. The highest BCUT2D eigenvalue weighted by Crippen LogP contribution is 2.31. The highest BCUT2D eigenvalue weighted by Gasteiger charge is 2.12. The third-order valence-electron chi connectivity index (χ3n) is 4.93. The monoisotopic (exact) mass is 393 g/mol. The summed E-state index contributed by atoms with van der Waals surface area (Å²) in [5.74, 6) is -0.960. The summed E-state index contributed by atoms with van der Waals surface area (Å²) in [6.07, 6.45) is 2.35. The fourth-order valence-electron chi connectivity index (χ4n) is 3.34. The Morgan fingerprint density at radius 3 is 1.79 bits per heavy atom. The van der Waals surface area contributed by atoms with Crippen LogP contribution >= 0.6 is 12.2 Å². The van der Waals surface area contributed by atoms with Crippen LogP contribution < -0.4 is 0 Å². The molecule has 0 N–H and O–H groups in total. The molecule has 0 aliphatic rings. The van der Waals surface area contributed by atoms with Gasteiger partial charge in [-0.15, -0.1) is 0 Å². The summed E-state index contributed by atoms with van der Waals surface area (Å²) in [6.45, 7) is 4.44. The van der Waals surface area contributed by atoms with Crippen LogP contribution in [-0.2, 0) is 0 Å². The maximum absolute atomic E-state index is 14.1. The SMILES string of the molecule is CCCC(C)c1ccc(-c2ccc(-c3cc(F)c(N=C=S)c(F)c3)cc2)cc1. The molecule has 0 aliphatic heterocycles. The van der Waals surface area contributed by atoms with Gasteiger partial charge in [-0.3, -0.25) is 0 Å². The highest BCUT2D eigenvalue weighted by atomic mass is 32.1. The topological polar surface area (TPSA) is 12.4 Å². The summed E-state index contributed by atoms with van der Waals surface area (Å²) in [5.41, 5.74) is 4.28. The first kappa shape index (κ1) is 20.1. The number of hydrogen-bond acceptors (Lipinski definition) is 2. The first-order valence-corrected chi connectivity index (χ1v) is 9.72. The molecule has 0 heterocycles. The zero-order chi connectivity index (χ0) is 20.1. The Balaban J connectivity index is 1.85. The van der Waals surface area contributed by atoms with Gasteiger partial charge in [-0.2, -0.15) is 4.99 Å². The second-order valence-corrected chi connectivity index (χ2v) is 7.06. The molecule has 0 aromatic heterocycles. The quantitative estimate of drug-likeness (QED) is 0.306. The van der Waals surface area contributed by atoms with Crippen LogP contribution in [-0.4, -0.2) is 5.16 Å². The Bertz CT molecular complexity index is 981. The second-order valence-electron chi connectivity index (χ2n) is 6.88. The van der Waals surface area contributed by atoms with Crippen molar-refractivity contribution in [2.45, 2.75) is 32.6 Å². The molecule has 1 nitrogen and oxygen atoms in total. The van der Waals surface area contributed by atoms with E-state index in [9.17, 15) is 8.78 Å². The smallest absolute Gasteiger partial charge is 0.153 e. The molecule has 0 bridgehead atoms. The van der Waals surface area contributed by atoms with Gasteiger partial charge in [0.25, 0.3) is 0 Å². The molecule has 4 heteroatoms. The average Bonchev–Trinajstić information content (AvgIpc) is 2.71. The van der Waals surface area contributed by atoms with E-state index in [1.54, 1.807) is 0 Å². The van der Waals surface area contributed by atoms with Crippen molar-refractivity contribution in [3.8, 4) is 22.3 Å². The zero-order valence-corrected chi connectivity index (χ0v) is 16.7. The summed E-state index contributed by atoms with van der Waals surface area (Å²) in [7, 11) is 0. The molecule has 0 radical (unpaired) electrons. The van der Waals surface area contributed by atoms with Gasteiger partial charge < -0.3 is 0 Å². The van der Waals surface area contributed by atoms with Gasteiger partial charge in [-0.1, -0.05) is 68.8 Å². The second kappa shape index (κ2) is 9.01. The van der Waals surface area contributed by atoms with Crippen LogP contribution in [0.1, 0.15) is 38.2 Å². The van der Waals surface area contributed by atoms with E-state index >= 15 is 0 Å². The van der Waals surface area contributed by atoms with Crippen molar-refractivity contribution in [2.24, 2.45) is 4.99 Å². The van der Waals surface area contributed by atoms with Gasteiger partial charge in [0.15, 0.2) is 11.6 Å². The number of nitrogens with zero attached hydrogens (tertiary/aromatic N) is 1. The molecule has 0 amide bonds. The van der Waals surface area contributed by atoms with Gasteiger partial charge in [0, 0.05) is 0 Å². The maximum Gasteiger partial charge on any atom is 0.153 e. The Morgan fingerprint density at radius 2 is 1.32 bits per heavy atom. The molecule has 0 fully saturated rings. The molecule has 0 saturated carbocycles. The van der Waals surface area contributed by atoms with Gasteiger partial charge in [0.1, 0.15) is 5.69 Å². The molecule has 1 atom stereocenters. The fourth-order valence-corrected chi connectivity index (χ4v) is 3.43. The van der Waals surface area contributed by atoms with E-state index in [0.717, 1.165) is 16.7 Å². The molecule has 0 spiro atoms. The lowest BCUT2D eigenvalue weighted by Gasteiger charge is -2.11. The van der Waals surface area contributed by atoms with Crippen LogP contribution in [0, 0.1) is 11.6 Å². The number of isothiocyanates is 1. The van der Waals surface area contributed by atoms with Crippen LogP contribution in [0.2, 0.25) is 0 Å². The van der Waals surface area contributed by atoms with Crippen LogP contribution in [0.15, 0.2) is 65.7 Å². The van der Waals surface area contributed by atoms with E-state index in [2.05, 4.69) is 55.3 Å². The summed E-state index contributed by atoms with van der Waals surface area (Å²) < 4.78 is 28.1. The molecule has 3 aromatic rings. The van der Waals surface area contributed by atoms with Crippen molar-refractivity contribution < 1.29 is 8.78 Å². The summed E-state index contributed by atoms with van der Waals surface area (Å²) in [5, 5.41) is 2.00. The first-order chi connectivity index (χ1) is 13.5. The van der Waals surface area contributed by atoms with Crippen molar-refractivity contribution in [3.05, 3.63) is 77.9 Å². The molecule has 142 valence electrons. The predicted molar refractivity (Wildman–Crippen MR) is 115 cm³/mol. The standard InChI is InChI=1S/C24H21F2NS/c1-3-4-16(2)17-5-7-18(8-6-17)19-9-11-20(12-10-19)21-13-22(25)24(27-15-28)23(26)14-21/h5-14,16H,3-4H2,1-2H3. The summed E-state index contributed by atoms with van der Waals surface area (Å²) in [4.78, 5) is 3.44. The lowest BCUT2D eigenvalue weighted by atomic mass is 9.94. The molecule has 0 aliphatic carbocycles. The van der Waals surface area contributed by atoms with E-state index in [1.807, 2.05) is 29.4 Å². The number of rotatable bonds is 6. The molecular formula is C24H21F2NS. The van der Waals surface area contributed by atoms with Crippen LogP contribution in [0.5, 0.6) is 0 Å². The van der Waals surface area contributed by atoms with Gasteiger partial charge in [0.05, 0.1) is 5.16 Å². The number of thiocarbonyl (C=S) groups is 1. The zero-order valence-electron chi connectivity index (χ0n) is 15.9. The van der Waals surface area contributed by atoms with Crippen molar-refractivity contribution in [1.82, 2.24) is 0 Å². The number of aliphatic imine (C=N–C) groups is 1. The number of hydrogen-bond donors (Lipinski definition) is 0. The first-order valence-electron chi connectivity index (χ1n) is 9.31. The molecule has 3 rings (SSSR count). The van der Waals surface area contributed by atoms with Gasteiger partial charge >= 0.3 is 0 Å². The minimum absolute atomic E-state index is 0.409. The van der Waals surface area contributed by atoms with Crippen LogP contribution in [0.4, 0.5) is 14.5 Å². The third kappa shape index (κ3) is 4.41. The summed E-state index contributed by atoms with van der Waals surface area (Å²) in [6, 6.07) is 18.7. The number of benzene rings is 3. The van der Waals surface area contributed by atoms with Crippen molar-refractivity contribution in [1.29, 1.82) is 0 Å². The van der Waals surface area contributed by atoms with E-state index in [-0.39, 0.29) is 0 Å². The highest BCUT2D eigenvalue weighted by molar-refractivity contribution is 7.78. The lowest BCUT2D eigenvalue weighted by molar-refractivity contribution is 0.588. The van der Waals surface area contributed by atoms with E-state index in [1.165, 1.54) is 30.5 Å². The van der Waals surface area contributed by atoms with E-state index in [0.29, 0.717) is 11.5 Å². The third-order valence-corrected chi connectivity index (χ3v) is 5.02. The molecule has 1 unspecified atom stereocenters. The molecule has 28 heavy (non-hydrogen) atoms. The fraction of sp³-hybridized carbons (Fsp3) is 0.208. The van der Waals surface area contributed by atoms with Crippen LogP contribution in [0.3, 0.4) is 0 Å². The molecule has 0 saturated heterocycles. The largest absolute Gasteiger partial charge is 0.204 e. The van der Waals surface area contributed by atoms with Gasteiger partial charge in [0.2, 0.25) is 0 Å². The van der Waals surface area contributed by atoms with Crippen molar-refractivity contribution in [3.63, 3.8) is 0 Å². The summed E-state index contributed by atoms with van der Waals surface area (Å²) >= 11 is 4.43. The number of halogens is 2. The lowest BCUT2D eigenvalue weighted by Crippen LogP contribution is -1.92. The Morgan fingerprint density at radius 1 is 0.857 bits per heavy atom. The molecular weight excluding hydrogens is 372 g/mol. The van der Waals surface area contributed by atoms with Crippen molar-refractivity contribution in [2.75, 3.05) is 0 Å². The Kier molecular flexibility index (Phi) is 6.45. The Hall–Kier alpha value is -2.68. The minimum Gasteiger partial charge on any atom is -0.204 e. The average molecular weight is 394 g/mol. The van der Waals surface area contributed by atoms with Gasteiger partial charge in [-0.05, 0) is 64.5 Å².